The zero-order valence-electron chi connectivity index (χ0n) is 20.5. The molecule has 0 bridgehead atoms. The number of esters is 1. The Morgan fingerprint density at radius 1 is 1.03 bits per heavy atom. The average molecular weight is 562 g/mol. The molecule has 10 heteroatoms. The number of carbonyl (C=O) groups is 2. The van der Waals surface area contributed by atoms with Crippen molar-refractivity contribution < 1.29 is 23.5 Å². The summed E-state index contributed by atoms with van der Waals surface area (Å²) in [7, 11) is 0. The predicted molar refractivity (Wildman–Crippen MR) is 150 cm³/mol. The fourth-order valence-corrected chi connectivity index (χ4v) is 4.56. The lowest BCUT2D eigenvalue weighted by Gasteiger charge is -2.10. The van der Waals surface area contributed by atoms with E-state index in [2.05, 4.69) is 15.5 Å². The van der Waals surface area contributed by atoms with E-state index in [9.17, 15) is 9.59 Å². The number of hydrogen-bond acceptors (Lipinski definition) is 6. The molecule has 5 rings (SSSR count). The fraction of sp³-hybridized carbons (Fsp3) is 0.0690. The molecular formula is C29H21Cl2N3O5. The molecular weight excluding hydrogens is 541 g/mol. The van der Waals surface area contributed by atoms with Crippen molar-refractivity contribution in [2.24, 2.45) is 5.10 Å². The van der Waals surface area contributed by atoms with E-state index >= 15 is 0 Å². The van der Waals surface area contributed by atoms with Crippen molar-refractivity contribution in [1.29, 1.82) is 0 Å². The maximum absolute atomic E-state index is 13.2. The third kappa shape index (κ3) is 5.67. The first-order valence-electron chi connectivity index (χ1n) is 11.9. The van der Waals surface area contributed by atoms with Gasteiger partial charge >= 0.3 is 5.97 Å². The monoisotopic (exact) mass is 561 g/mol. The highest BCUT2D eigenvalue weighted by atomic mass is 35.5. The summed E-state index contributed by atoms with van der Waals surface area (Å²) in [5, 5.41) is 5.68. The Bertz CT molecular complexity index is 1680. The minimum absolute atomic E-state index is 0.0706. The van der Waals surface area contributed by atoms with Gasteiger partial charge < -0.3 is 18.9 Å². The molecule has 8 nitrogen and oxygen atoms in total. The van der Waals surface area contributed by atoms with Crippen LogP contribution in [0.2, 0.25) is 10.0 Å². The molecule has 0 saturated heterocycles. The Morgan fingerprint density at radius 2 is 1.85 bits per heavy atom. The Morgan fingerprint density at radius 3 is 2.59 bits per heavy atom. The fourth-order valence-electron chi connectivity index (χ4n) is 4.02. The van der Waals surface area contributed by atoms with Crippen molar-refractivity contribution in [2.45, 2.75) is 6.92 Å². The highest BCUT2D eigenvalue weighted by Gasteiger charge is 2.21. The first kappa shape index (κ1) is 26.1. The number of furan rings is 1. The van der Waals surface area contributed by atoms with Crippen LogP contribution in [0.15, 0.2) is 88.6 Å². The molecule has 2 heterocycles. The summed E-state index contributed by atoms with van der Waals surface area (Å²) >= 11 is 12.7. The number of carbonyl (C=O) groups excluding carboxylic acids is 2. The van der Waals surface area contributed by atoms with Crippen LogP contribution >= 0.6 is 23.2 Å². The highest BCUT2D eigenvalue weighted by Crippen LogP contribution is 2.37. The molecule has 39 heavy (non-hydrogen) atoms. The van der Waals surface area contributed by atoms with Crippen LogP contribution in [0.25, 0.3) is 22.0 Å². The molecule has 5 aromatic rings. The third-order valence-electron chi connectivity index (χ3n) is 5.69. The number of benzene rings is 3. The van der Waals surface area contributed by atoms with Gasteiger partial charge in [0.15, 0.2) is 11.5 Å². The van der Waals surface area contributed by atoms with E-state index in [0.29, 0.717) is 44.4 Å². The number of amides is 1. The standard InChI is InChI=1S/C29H21Cl2N3O5/c1-2-37-24-13-17(10-11-22(24)39-29(36)23-9-6-12-38-23)16-32-34-28(35)27-25(18-7-4-3-5-8-18)20-14-19(30)15-21(31)26(20)33-27/h3-16,33H,2H2,1H3,(H,34,35). The van der Waals surface area contributed by atoms with Crippen molar-refractivity contribution in [3.05, 3.63) is 106 Å². The van der Waals surface area contributed by atoms with Crippen molar-refractivity contribution in [1.82, 2.24) is 10.4 Å². The van der Waals surface area contributed by atoms with Crippen molar-refractivity contribution >= 4 is 52.2 Å². The first-order valence-corrected chi connectivity index (χ1v) is 12.6. The molecule has 0 atom stereocenters. The van der Waals surface area contributed by atoms with E-state index in [4.69, 9.17) is 37.1 Å². The molecule has 0 spiro atoms. The molecule has 0 radical (unpaired) electrons. The molecule has 1 amide bonds. The second-order valence-electron chi connectivity index (χ2n) is 8.26. The summed E-state index contributed by atoms with van der Waals surface area (Å²) in [6.07, 6.45) is 2.84. The summed E-state index contributed by atoms with van der Waals surface area (Å²) < 4.78 is 16.1. The number of H-pyrrole nitrogens is 1. The van der Waals surface area contributed by atoms with E-state index in [-0.39, 0.29) is 17.2 Å². The number of nitrogens with one attached hydrogen (secondary N) is 2. The van der Waals surface area contributed by atoms with Gasteiger partial charge in [0, 0.05) is 16.0 Å². The van der Waals surface area contributed by atoms with Crippen LogP contribution in [-0.4, -0.2) is 29.7 Å². The van der Waals surface area contributed by atoms with Crippen molar-refractivity contribution in [2.75, 3.05) is 6.61 Å². The number of halogens is 2. The Balaban J connectivity index is 1.39. The van der Waals surface area contributed by atoms with Crippen molar-refractivity contribution in [3.63, 3.8) is 0 Å². The Hall–Kier alpha value is -4.53. The van der Waals surface area contributed by atoms with Crippen LogP contribution in [-0.2, 0) is 0 Å². The number of nitrogens with zero attached hydrogens (tertiary/aromatic N) is 1. The lowest BCUT2D eigenvalue weighted by atomic mass is 10.0. The van der Waals surface area contributed by atoms with Gasteiger partial charge in [-0.05, 0) is 60.5 Å². The Labute approximate surface area is 233 Å². The largest absolute Gasteiger partial charge is 0.490 e. The zero-order chi connectivity index (χ0) is 27.4. The number of ether oxygens (including phenoxy) is 2. The molecule has 3 aromatic carbocycles. The van der Waals surface area contributed by atoms with E-state index in [1.54, 1.807) is 36.4 Å². The maximum Gasteiger partial charge on any atom is 0.379 e. The lowest BCUT2D eigenvalue weighted by molar-refractivity contribution is 0.0695. The third-order valence-corrected chi connectivity index (χ3v) is 6.20. The highest BCUT2D eigenvalue weighted by molar-refractivity contribution is 6.39. The zero-order valence-corrected chi connectivity index (χ0v) is 22.0. The Kier molecular flexibility index (Phi) is 7.67. The van der Waals surface area contributed by atoms with Gasteiger partial charge in [0.25, 0.3) is 5.91 Å². The second-order valence-corrected chi connectivity index (χ2v) is 9.10. The van der Waals surface area contributed by atoms with Gasteiger partial charge in [-0.25, -0.2) is 10.2 Å². The number of hydrazone groups is 1. The summed E-state index contributed by atoms with van der Waals surface area (Å²) in [4.78, 5) is 28.6. The van der Waals surface area contributed by atoms with E-state index in [1.807, 2.05) is 37.3 Å². The van der Waals surface area contributed by atoms with Crippen LogP contribution in [0.1, 0.15) is 33.5 Å². The quantitative estimate of drug-likeness (QED) is 0.0907. The van der Waals surface area contributed by atoms with Gasteiger partial charge in [0.1, 0.15) is 5.69 Å². The smallest absolute Gasteiger partial charge is 0.379 e. The van der Waals surface area contributed by atoms with Gasteiger partial charge in [-0.15, -0.1) is 0 Å². The summed E-state index contributed by atoms with van der Waals surface area (Å²) in [6.45, 7) is 2.15. The maximum atomic E-state index is 13.2. The normalized spacial score (nSPS) is 11.2. The molecule has 0 unspecified atom stereocenters. The molecule has 0 aliphatic heterocycles. The van der Waals surface area contributed by atoms with Gasteiger partial charge in [0.2, 0.25) is 5.76 Å². The average Bonchev–Trinajstić information content (AvgIpc) is 3.60. The topological polar surface area (TPSA) is 106 Å². The molecule has 0 aliphatic carbocycles. The van der Waals surface area contributed by atoms with Crippen LogP contribution < -0.4 is 14.9 Å². The van der Waals surface area contributed by atoms with E-state index in [1.165, 1.54) is 18.5 Å². The van der Waals surface area contributed by atoms with Crippen LogP contribution in [0.4, 0.5) is 0 Å². The number of aromatic amines is 1. The molecule has 0 saturated carbocycles. The number of fused-ring (bicyclic) bond motifs is 1. The van der Waals surface area contributed by atoms with Crippen LogP contribution in [0.5, 0.6) is 11.5 Å². The molecule has 0 aliphatic rings. The summed E-state index contributed by atoms with van der Waals surface area (Å²) in [5.74, 6) is -0.492. The summed E-state index contributed by atoms with van der Waals surface area (Å²) in [6, 6.07) is 20.8. The number of rotatable bonds is 8. The van der Waals surface area contributed by atoms with Crippen molar-refractivity contribution in [3.8, 4) is 22.6 Å². The van der Waals surface area contributed by atoms with Crippen LogP contribution in [0.3, 0.4) is 0 Å². The van der Waals surface area contributed by atoms with Gasteiger partial charge in [-0.3, -0.25) is 4.79 Å². The number of hydrogen-bond donors (Lipinski definition) is 2. The molecule has 2 N–H and O–H groups in total. The van der Waals surface area contributed by atoms with Gasteiger partial charge in [-0.1, -0.05) is 53.5 Å². The minimum atomic E-state index is -0.649. The van der Waals surface area contributed by atoms with Crippen LogP contribution in [0, 0.1) is 0 Å². The second kappa shape index (κ2) is 11.5. The SMILES string of the molecule is CCOc1cc(C=NNC(=O)c2[nH]c3c(Cl)cc(Cl)cc3c2-c2ccccc2)ccc1OC(=O)c1ccco1. The minimum Gasteiger partial charge on any atom is -0.490 e. The molecule has 196 valence electrons. The van der Waals surface area contributed by atoms with E-state index in [0.717, 1.165) is 5.56 Å². The van der Waals surface area contributed by atoms with E-state index < -0.39 is 11.9 Å². The van der Waals surface area contributed by atoms with Gasteiger partial charge in [0.05, 0.1) is 29.6 Å². The first-order chi connectivity index (χ1) is 18.9. The predicted octanol–water partition coefficient (Wildman–Crippen LogP) is 7.12. The molecule has 0 fully saturated rings. The number of aromatic nitrogens is 1. The lowest BCUT2D eigenvalue weighted by Crippen LogP contribution is -2.18. The van der Waals surface area contributed by atoms with Gasteiger partial charge in [-0.2, -0.15) is 5.10 Å². The summed E-state index contributed by atoms with van der Waals surface area (Å²) in [5.41, 5.74) is 5.51. The molecule has 2 aromatic heterocycles.